The number of hydrogen-bond donors (Lipinski definition) is 2. The minimum absolute atomic E-state index is 0.0542. The van der Waals surface area contributed by atoms with Crippen LogP contribution in [0.4, 0.5) is 0 Å². The Balaban J connectivity index is 1.64. The van der Waals surface area contributed by atoms with Crippen molar-refractivity contribution < 1.29 is 9.53 Å². The standard InChI is InChI=1S/C14H19BrN2O2/c15-12-3-1-11(2-4-12)14(18)17-9-10-19-13-5-7-16-8-6-13/h1-4,13,16H,5-10H2,(H,17,18). The molecule has 2 N–H and O–H groups in total. The summed E-state index contributed by atoms with van der Waals surface area (Å²) in [5.41, 5.74) is 0.671. The molecule has 0 atom stereocenters. The largest absolute Gasteiger partial charge is 0.376 e. The van der Waals surface area contributed by atoms with Crippen molar-refractivity contribution in [1.82, 2.24) is 10.6 Å². The molecule has 19 heavy (non-hydrogen) atoms. The fraction of sp³-hybridized carbons (Fsp3) is 0.500. The molecule has 0 bridgehead atoms. The molecule has 1 aliphatic rings. The Hall–Kier alpha value is -0.910. The van der Waals surface area contributed by atoms with Crippen molar-refractivity contribution in [2.45, 2.75) is 18.9 Å². The third-order valence-corrected chi connectivity index (χ3v) is 3.66. The van der Waals surface area contributed by atoms with E-state index in [2.05, 4.69) is 26.6 Å². The van der Waals surface area contributed by atoms with Crippen LogP contribution in [0.15, 0.2) is 28.7 Å². The molecule has 1 heterocycles. The molecule has 104 valence electrons. The summed E-state index contributed by atoms with van der Waals surface area (Å²) < 4.78 is 6.70. The van der Waals surface area contributed by atoms with Gasteiger partial charge in [0.05, 0.1) is 12.7 Å². The maximum absolute atomic E-state index is 11.8. The number of rotatable bonds is 5. The summed E-state index contributed by atoms with van der Waals surface area (Å²) in [6.07, 6.45) is 2.45. The number of halogens is 1. The molecule has 0 saturated carbocycles. The van der Waals surface area contributed by atoms with Gasteiger partial charge >= 0.3 is 0 Å². The van der Waals surface area contributed by atoms with E-state index in [1.54, 1.807) is 12.1 Å². The van der Waals surface area contributed by atoms with E-state index in [0.717, 1.165) is 30.4 Å². The van der Waals surface area contributed by atoms with Crippen LogP contribution < -0.4 is 10.6 Å². The highest BCUT2D eigenvalue weighted by molar-refractivity contribution is 9.10. The SMILES string of the molecule is O=C(NCCOC1CCNCC1)c1ccc(Br)cc1. The molecule has 1 aromatic rings. The lowest BCUT2D eigenvalue weighted by Crippen LogP contribution is -2.34. The molecule has 2 rings (SSSR count). The van der Waals surface area contributed by atoms with Crippen LogP contribution in [0, 0.1) is 0 Å². The Morgan fingerprint density at radius 3 is 2.68 bits per heavy atom. The zero-order valence-corrected chi connectivity index (χ0v) is 12.4. The number of nitrogens with one attached hydrogen (secondary N) is 2. The van der Waals surface area contributed by atoms with Gasteiger partial charge in [-0.15, -0.1) is 0 Å². The molecule has 1 saturated heterocycles. The van der Waals surface area contributed by atoms with E-state index < -0.39 is 0 Å². The van der Waals surface area contributed by atoms with E-state index in [9.17, 15) is 4.79 Å². The Labute approximate surface area is 122 Å². The van der Waals surface area contributed by atoms with E-state index in [4.69, 9.17) is 4.74 Å². The van der Waals surface area contributed by atoms with Gasteiger partial charge in [0.2, 0.25) is 0 Å². The van der Waals surface area contributed by atoms with Gasteiger partial charge in [-0.05, 0) is 50.2 Å². The minimum Gasteiger partial charge on any atom is -0.376 e. The molecule has 0 aromatic heterocycles. The first kappa shape index (κ1) is 14.5. The summed E-state index contributed by atoms with van der Waals surface area (Å²) in [5, 5.41) is 6.16. The molecule has 0 radical (unpaired) electrons. The number of carbonyl (C=O) groups is 1. The molecule has 1 aromatic carbocycles. The lowest BCUT2D eigenvalue weighted by molar-refractivity contribution is 0.0343. The highest BCUT2D eigenvalue weighted by atomic mass is 79.9. The van der Waals surface area contributed by atoms with Gasteiger partial charge in [0, 0.05) is 16.6 Å². The number of benzene rings is 1. The number of ether oxygens (including phenoxy) is 1. The quantitative estimate of drug-likeness (QED) is 0.813. The van der Waals surface area contributed by atoms with E-state index >= 15 is 0 Å². The predicted molar refractivity (Wildman–Crippen MR) is 78.3 cm³/mol. The maximum atomic E-state index is 11.8. The third-order valence-electron chi connectivity index (χ3n) is 3.13. The minimum atomic E-state index is -0.0542. The first-order valence-corrected chi connectivity index (χ1v) is 7.41. The Bertz CT molecular complexity index is 402. The van der Waals surface area contributed by atoms with Crippen LogP contribution in [0.2, 0.25) is 0 Å². The number of amides is 1. The lowest BCUT2D eigenvalue weighted by atomic mass is 10.1. The molecular formula is C14H19BrN2O2. The number of carbonyl (C=O) groups excluding carboxylic acids is 1. The average molecular weight is 327 g/mol. The Morgan fingerprint density at radius 2 is 2.00 bits per heavy atom. The van der Waals surface area contributed by atoms with Gasteiger partial charge in [-0.3, -0.25) is 4.79 Å². The van der Waals surface area contributed by atoms with Crippen molar-refractivity contribution in [1.29, 1.82) is 0 Å². The molecular weight excluding hydrogens is 308 g/mol. The number of hydrogen-bond acceptors (Lipinski definition) is 3. The number of piperidine rings is 1. The van der Waals surface area contributed by atoms with E-state index in [1.165, 1.54) is 0 Å². The van der Waals surface area contributed by atoms with Gasteiger partial charge < -0.3 is 15.4 Å². The normalized spacial score (nSPS) is 16.3. The smallest absolute Gasteiger partial charge is 0.251 e. The maximum Gasteiger partial charge on any atom is 0.251 e. The van der Waals surface area contributed by atoms with Gasteiger partial charge in [-0.1, -0.05) is 15.9 Å². The van der Waals surface area contributed by atoms with Crippen molar-refractivity contribution in [3.63, 3.8) is 0 Å². The monoisotopic (exact) mass is 326 g/mol. The van der Waals surface area contributed by atoms with Gasteiger partial charge in [0.1, 0.15) is 0 Å². The molecule has 0 spiro atoms. The predicted octanol–water partition coefficient (Wildman–Crippen LogP) is 1.95. The Morgan fingerprint density at radius 1 is 1.32 bits per heavy atom. The molecule has 1 amide bonds. The first-order chi connectivity index (χ1) is 9.25. The highest BCUT2D eigenvalue weighted by Gasteiger charge is 2.12. The van der Waals surface area contributed by atoms with Gasteiger partial charge in [0.25, 0.3) is 5.91 Å². The average Bonchev–Trinajstić information content (AvgIpc) is 2.45. The summed E-state index contributed by atoms with van der Waals surface area (Å²) in [6.45, 7) is 3.18. The second-order valence-corrected chi connectivity index (χ2v) is 5.50. The molecule has 5 heteroatoms. The van der Waals surface area contributed by atoms with Crippen molar-refractivity contribution in [2.75, 3.05) is 26.2 Å². The topological polar surface area (TPSA) is 50.4 Å². The van der Waals surface area contributed by atoms with Crippen LogP contribution in [0.3, 0.4) is 0 Å². The van der Waals surface area contributed by atoms with Crippen molar-refractivity contribution in [3.05, 3.63) is 34.3 Å². The zero-order chi connectivity index (χ0) is 13.5. The van der Waals surface area contributed by atoms with Gasteiger partial charge in [0.15, 0.2) is 0 Å². The second kappa shape index (κ2) is 7.62. The van der Waals surface area contributed by atoms with Crippen molar-refractivity contribution in [2.24, 2.45) is 0 Å². The van der Waals surface area contributed by atoms with Crippen molar-refractivity contribution in [3.8, 4) is 0 Å². The van der Waals surface area contributed by atoms with Gasteiger partial charge in [-0.2, -0.15) is 0 Å². The summed E-state index contributed by atoms with van der Waals surface area (Å²) >= 11 is 3.35. The fourth-order valence-electron chi connectivity index (χ4n) is 2.06. The molecule has 0 aliphatic carbocycles. The molecule has 0 unspecified atom stereocenters. The highest BCUT2D eigenvalue weighted by Crippen LogP contribution is 2.10. The summed E-state index contributed by atoms with van der Waals surface area (Å²) in [4.78, 5) is 11.8. The van der Waals surface area contributed by atoms with Crippen LogP contribution in [0.25, 0.3) is 0 Å². The van der Waals surface area contributed by atoms with Crippen LogP contribution in [-0.2, 0) is 4.74 Å². The van der Waals surface area contributed by atoms with E-state index in [1.807, 2.05) is 12.1 Å². The van der Waals surface area contributed by atoms with Crippen LogP contribution >= 0.6 is 15.9 Å². The fourth-order valence-corrected chi connectivity index (χ4v) is 2.32. The Kier molecular flexibility index (Phi) is 5.82. The zero-order valence-electron chi connectivity index (χ0n) is 10.8. The van der Waals surface area contributed by atoms with Crippen LogP contribution in [0.5, 0.6) is 0 Å². The summed E-state index contributed by atoms with van der Waals surface area (Å²) in [5.74, 6) is -0.0542. The second-order valence-electron chi connectivity index (χ2n) is 4.58. The molecule has 4 nitrogen and oxygen atoms in total. The third kappa shape index (κ3) is 4.93. The van der Waals surface area contributed by atoms with Gasteiger partial charge in [-0.25, -0.2) is 0 Å². The lowest BCUT2D eigenvalue weighted by Gasteiger charge is -2.22. The summed E-state index contributed by atoms with van der Waals surface area (Å²) in [6, 6.07) is 7.32. The first-order valence-electron chi connectivity index (χ1n) is 6.62. The molecule has 1 fully saturated rings. The molecule has 1 aliphatic heterocycles. The van der Waals surface area contributed by atoms with Crippen molar-refractivity contribution >= 4 is 21.8 Å². The van der Waals surface area contributed by atoms with Crippen LogP contribution in [-0.4, -0.2) is 38.3 Å². The van der Waals surface area contributed by atoms with E-state index in [-0.39, 0.29) is 5.91 Å². The van der Waals surface area contributed by atoms with Crippen LogP contribution in [0.1, 0.15) is 23.2 Å². The summed E-state index contributed by atoms with van der Waals surface area (Å²) in [7, 11) is 0. The van der Waals surface area contributed by atoms with E-state index in [0.29, 0.717) is 24.8 Å².